The Balaban J connectivity index is 1.05. The Morgan fingerprint density at radius 2 is 0.685 bits per heavy atom. The standard InChI is InChI=1S/C51H37N3/c1-3-11-38(12-4-1)40-20-28-45(29-21-40)53(46-30-22-41(23-31-46)39-13-5-2-6-14-39)47-32-24-42(25-33-47)43-26-34-48(35-27-43)54(49-17-10-36-52-37-49)51-19-9-16-44-15-7-8-18-50(44)51/h1-37H. The molecule has 0 bridgehead atoms. The molecular weight excluding hydrogens is 655 g/mol. The van der Waals surface area contributed by atoms with Gasteiger partial charge in [0.05, 0.1) is 17.6 Å². The number of hydrogen-bond acceptors (Lipinski definition) is 3. The molecule has 8 aromatic carbocycles. The van der Waals surface area contributed by atoms with Gasteiger partial charge in [0.1, 0.15) is 0 Å². The Bertz CT molecular complexity index is 2510. The molecule has 9 aromatic rings. The zero-order valence-electron chi connectivity index (χ0n) is 29.7. The van der Waals surface area contributed by atoms with Gasteiger partial charge in [-0.05, 0) is 105 Å². The van der Waals surface area contributed by atoms with Gasteiger partial charge in [-0.3, -0.25) is 4.98 Å². The molecule has 0 aliphatic rings. The molecule has 0 atom stereocenters. The molecule has 0 unspecified atom stereocenters. The molecule has 0 amide bonds. The SMILES string of the molecule is c1ccc(-c2ccc(N(c3ccc(-c4ccccc4)cc3)c3ccc(-c4ccc(N(c5cccnc5)c5cccc6ccccc56)cc4)cc3)cc2)cc1. The van der Waals surface area contributed by atoms with Gasteiger partial charge in [-0.1, -0.05) is 146 Å². The minimum atomic E-state index is 1.01. The first-order chi connectivity index (χ1) is 26.8. The predicted molar refractivity (Wildman–Crippen MR) is 227 cm³/mol. The molecule has 1 aromatic heterocycles. The van der Waals surface area contributed by atoms with Crippen LogP contribution in [0.5, 0.6) is 0 Å². The number of rotatable bonds is 9. The van der Waals surface area contributed by atoms with Crippen molar-refractivity contribution in [2.75, 3.05) is 9.80 Å². The zero-order chi connectivity index (χ0) is 36.1. The van der Waals surface area contributed by atoms with Crippen LogP contribution < -0.4 is 9.80 Å². The predicted octanol–water partition coefficient (Wildman–Crippen LogP) is 14.2. The fourth-order valence-corrected chi connectivity index (χ4v) is 7.24. The molecule has 256 valence electrons. The van der Waals surface area contributed by atoms with E-state index in [0.717, 1.165) is 45.3 Å². The van der Waals surface area contributed by atoms with Crippen LogP contribution in [0.2, 0.25) is 0 Å². The summed E-state index contributed by atoms with van der Waals surface area (Å²) in [5.41, 5.74) is 13.6. The van der Waals surface area contributed by atoms with Gasteiger partial charge in [-0.25, -0.2) is 0 Å². The lowest BCUT2D eigenvalue weighted by molar-refractivity contribution is 1.24. The van der Waals surface area contributed by atoms with Crippen LogP contribution in [0.4, 0.5) is 34.1 Å². The number of pyridine rings is 1. The van der Waals surface area contributed by atoms with Crippen LogP contribution >= 0.6 is 0 Å². The summed E-state index contributed by atoms with van der Waals surface area (Å²) in [6, 6.07) is 75.5. The molecule has 0 aliphatic heterocycles. The second-order valence-electron chi connectivity index (χ2n) is 13.3. The molecule has 0 saturated heterocycles. The van der Waals surface area contributed by atoms with Crippen molar-refractivity contribution < 1.29 is 0 Å². The van der Waals surface area contributed by atoms with Crippen molar-refractivity contribution in [3.05, 3.63) is 225 Å². The molecule has 0 spiro atoms. The lowest BCUT2D eigenvalue weighted by atomic mass is 10.0. The van der Waals surface area contributed by atoms with Crippen molar-refractivity contribution in [2.45, 2.75) is 0 Å². The first-order valence-corrected chi connectivity index (χ1v) is 18.3. The summed E-state index contributed by atoms with van der Waals surface area (Å²) < 4.78 is 0. The van der Waals surface area contributed by atoms with Gasteiger partial charge in [0, 0.05) is 34.3 Å². The van der Waals surface area contributed by atoms with E-state index in [2.05, 4.69) is 221 Å². The van der Waals surface area contributed by atoms with Crippen LogP contribution in [0.1, 0.15) is 0 Å². The molecule has 0 saturated carbocycles. The largest absolute Gasteiger partial charge is 0.311 e. The number of benzene rings is 8. The van der Waals surface area contributed by atoms with Crippen molar-refractivity contribution in [3.8, 4) is 33.4 Å². The third-order valence-electron chi connectivity index (χ3n) is 9.96. The summed E-state index contributed by atoms with van der Waals surface area (Å²) in [4.78, 5) is 9.07. The number of fused-ring (bicyclic) bond motifs is 1. The normalized spacial score (nSPS) is 11.0. The minimum Gasteiger partial charge on any atom is -0.311 e. The molecule has 3 nitrogen and oxygen atoms in total. The molecular formula is C51H37N3. The van der Waals surface area contributed by atoms with Crippen molar-refractivity contribution >= 4 is 44.9 Å². The average Bonchev–Trinajstić information content (AvgIpc) is 3.26. The number of nitrogens with zero attached hydrogens (tertiary/aromatic N) is 3. The molecule has 1 heterocycles. The average molecular weight is 692 g/mol. The van der Waals surface area contributed by atoms with E-state index in [4.69, 9.17) is 0 Å². The van der Waals surface area contributed by atoms with Crippen molar-refractivity contribution in [1.29, 1.82) is 0 Å². The Labute approximate surface area is 316 Å². The summed E-state index contributed by atoms with van der Waals surface area (Å²) in [6.07, 6.45) is 3.74. The summed E-state index contributed by atoms with van der Waals surface area (Å²) in [7, 11) is 0. The van der Waals surface area contributed by atoms with E-state index in [1.54, 1.807) is 0 Å². The minimum absolute atomic E-state index is 1.01. The first-order valence-electron chi connectivity index (χ1n) is 18.3. The number of aromatic nitrogens is 1. The molecule has 54 heavy (non-hydrogen) atoms. The summed E-state index contributed by atoms with van der Waals surface area (Å²) in [5, 5.41) is 2.39. The quantitative estimate of drug-likeness (QED) is 0.150. The van der Waals surface area contributed by atoms with Gasteiger partial charge in [0.2, 0.25) is 0 Å². The third kappa shape index (κ3) is 6.63. The molecule has 3 heteroatoms. The summed E-state index contributed by atoms with van der Waals surface area (Å²) >= 11 is 0. The van der Waals surface area contributed by atoms with Crippen LogP contribution in [0.25, 0.3) is 44.2 Å². The Morgan fingerprint density at radius 1 is 0.278 bits per heavy atom. The van der Waals surface area contributed by atoms with Crippen LogP contribution in [0.15, 0.2) is 225 Å². The number of anilines is 6. The van der Waals surface area contributed by atoms with Crippen LogP contribution in [-0.4, -0.2) is 4.98 Å². The Morgan fingerprint density at radius 3 is 1.15 bits per heavy atom. The van der Waals surface area contributed by atoms with Gasteiger partial charge in [0.25, 0.3) is 0 Å². The van der Waals surface area contributed by atoms with Gasteiger partial charge in [0.15, 0.2) is 0 Å². The van der Waals surface area contributed by atoms with E-state index < -0.39 is 0 Å². The van der Waals surface area contributed by atoms with Crippen LogP contribution in [0, 0.1) is 0 Å². The Hall–Kier alpha value is -7.23. The third-order valence-corrected chi connectivity index (χ3v) is 9.96. The number of hydrogen-bond donors (Lipinski definition) is 0. The molecule has 0 radical (unpaired) electrons. The van der Waals surface area contributed by atoms with Crippen LogP contribution in [0.3, 0.4) is 0 Å². The molecule has 0 fully saturated rings. The van der Waals surface area contributed by atoms with Gasteiger partial charge < -0.3 is 9.80 Å². The lowest BCUT2D eigenvalue weighted by Crippen LogP contribution is -2.10. The second kappa shape index (κ2) is 14.8. The van der Waals surface area contributed by atoms with E-state index in [1.165, 1.54) is 33.0 Å². The van der Waals surface area contributed by atoms with Gasteiger partial charge in [-0.2, -0.15) is 0 Å². The van der Waals surface area contributed by atoms with Crippen molar-refractivity contribution in [3.63, 3.8) is 0 Å². The highest BCUT2D eigenvalue weighted by Gasteiger charge is 2.17. The van der Waals surface area contributed by atoms with Gasteiger partial charge >= 0.3 is 0 Å². The van der Waals surface area contributed by atoms with Crippen molar-refractivity contribution in [2.24, 2.45) is 0 Å². The lowest BCUT2D eigenvalue weighted by Gasteiger charge is -2.27. The van der Waals surface area contributed by atoms with Crippen molar-refractivity contribution in [1.82, 2.24) is 4.98 Å². The highest BCUT2D eigenvalue weighted by molar-refractivity contribution is 5.99. The molecule has 9 rings (SSSR count). The maximum absolute atomic E-state index is 4.46. The molecule has 0 N–H and O–H groups in total. The van der Waals surface area contributed by atoms with E-state index in [-0.39, 0.29) is 0 Å². The van der Waals surface area contributed by atoms with E-state index in [0.29, 0.717) is 0 Å². The first kappa shape index (κ1) is 32.7. The van der Waals surface area contributed by atoms with Gasteiger partial charge in [-0.15, -0.1) is 0 Å². The maximum atomic E-state index is 4.46. The van der Waals surface area contributed by atoms with Crippen LogP contribution in [-0.2, 0) is 0 Å². The second-order valence-corrected chi connectivity index (χ2v) is 13.3. The summed E-state index contributed by atoms with van der Waals surface area (Å²) in [6.45, 7) is 0. The van der Waals surface area contributed by atoms with E-state index >= 15 is 0 Å². The van der Waals surface area contributed by atoms with E-state index in [1.807, 2.05) is 18.5 Å². The van der Waals surface area contributed by atoms with E-state index in [9.17, 15) is 0 Å². The zero-order valence-corrected chi connectivity index (χ0v) is 29.7. The fraction of sp³-hybridized carbons (Fsp3) is 0. The topological polar surface area (TPSA) is 19.4 Å². The monoisotopic (exact) mass is 691 g/mol. The maximum Gasteiger partial charge on any atom is 0.0645 e. The smallest absolute Gasteiger partial charge is 0.0645 e. The highest BCUT2D eigenvalue weighted by atomic mass is 15.2. The summed E-state index contributed by atoms with van der Waals surface area (Å²) in [5.74, 6) is 0. The highest BCUT2D eigenvalue weighted by Crippen LogP contribution is 2.40. The molecule has 0 aliphatic carbocycles. The Kier molecular flexibility index (Phi) is 8.94. The fourth-order valence-electron chi connectivity index (χ4n) is 7.24.